The molecule has 1 atom stereocenters. The van der Waals surface area contributed by atoms with Crippen LogP contribution in [0.15, 0.2) is 24.3 Å². The molecule has 0 spiro atoms. The van der Waals surface area contributed by atoms with E-state index < -0.39 is 5.97 Å². The summed E-state index contributed by atoms with van der Waals surface area (Å²) in [5.41, 5.74) is 2.30. The second-order valence-corrected chi connectivity index (χ2v) is 6.63. The molecule has 1 saturated heterocycles. The average molecular weight is 318 g/mol. The SMILES string of the molecule is Cc1ccccc1C(NC(=O)N1CCC(C(=O)O)CC1)C(C)C. The Kier molecular flexibility index (Phi) is 5.64. The zero-order chi connectivity index (χ0) is 17.0. The topological polar surface area (TPSA) is 69.6 Å². The summed E-state index contributed by atoms with van der Waals surface area (Å²) in [7, 11) is 0. The Labute approximate surface area is 137 Å². The third-order valence-corrected chi connectivity index (χ3v) is 4.60. The Bertz CT molecular complexity index is 563. The van der Waals surface area contributed by atoms with E-state index in [4.69, 9.17) is 5.11 Å². The Morgan fingerprint density at radius 2 is 1.83 bits per heavy atom. The molecule has 1 aliphatic rings. The lowest BCUT2D eigenvalue weighted by Crippen LogP contribution is -2.47. The fourth-order valence-corrected chi connectivity index (χ4v) is 3.09. The molecule has 1 unspecified atom stereocenters. The summed E-state index contributed by atoms with van der Waals surface area (Å²) in [6.45, 7) is 7.24. The van der Waals surface area contributed by atoms with Crippen molar-refractivity contribution in [2.75, 3.05) is 13.1 Å². The van der Waals surface area contributed by atoms with Crippen LogP contribution in [0.4, 0.5) is 4.79 Å². The first-order valence-corrected chi connectivity index (χ1v) is 8.24. The van der Waals surface area contributed by atoms with E-state index in [0.717, 1.165) is 11.1 Å². The van der Waals surface area contributed by atoms with Gasteiger partial charge < -0.3 is 15.3 Å². The molecule has 0 aliphatic carbocycles. The van der Waals surface area contributed by atoms with Crippen LogP contribution in [-0.4, -0.2) is 35.1 Å². The minimum atomic E-state index is -0.759. The highest BCUT2D eigenvalue weighted by Crippen LogP contribution is 2.25. The molecule has 23 heavy (non-hydrogen) atoms. The van der Waals surface area contributed by atoms with Gasteiger partial charge in [0.1, 0.15) is 0 Å². The van der Waals surface area contributed by atoms with Crippen LogP contribution in [0.3, 0.4) is 0 Å². The van der Waals surface area contributed by atoms with Crippen LogP contribution in [0.1, 0.15) is 43.9 Å². The molecule has 0 radical (unpaired) electrons. The molecular weight excluding hydrogens is 292 g/mol. The normalized spacial score (nSPS) is 17.1. The number of benzene rings is 1. The first kappa shape index (κ1) is 17.3. The maximum atomic E-state index is 12.5. The van der Waals surface area contributed by atoms with Gasteiger partial charge in [0, 0.05) is 13.1 Å². The summed E-state index contributed by atoms with van der Waals surface area (Å²) in [5.74, 6) is -0.807. The number of amides is 2. The number of carbonyl (C=O) groups excluding carboxylic acids is 1. The van der Waals surface area contributed by atoms with Gasteiger partial charge in [0.2, 0.25) is 0 Å². The van der Waals surface area contributed by atoms with Gasteiger partial charge in [-0.25, -0.2) is 4.79 Å². The molecule has 0 bridgehead atoms. The first-order chi connectivity index (χ1) is 10.9. The van der Waals surface area contributed by atoms with E-state index in [-0.39, 0.29) is 23.9 Å². The summed E-state index contributed by atoms with van der Waals surface area (Å²) in [5, 5.41) is 12.2. The fourth-order valence-electron chi connectivity index (χ4n) is 3.09. The number of carboxylic acid groups (broad SMARTS) is 1. The van der Waals surface area contributed by atoms with Crippen LogP contribution in [0.5, 0.6) is 0 Å². The monoisotopic (exact) mass is 318 g/mol. The number of piperidine rings is 1. The van der Waals surface area contributed by atoms with Gasteiger partial charge in [-0.15, -0.1) is 0 Å². The second-order valence-electron chi connectivity index (χ2n) is 6.63. The third kappa shape index (κ3) is 4.24. The largest absolute Gasteiger partial charge is 0.481 e. The van der Waals surface area contributed by atoms with E-state index >= 15 is 0 Å². The molecule has 1 fully saturated rings. The summed E-state index contributed by atoms with van der Waals surface area (Å²) < 4.78 is 0. The Morgan fingerprint density at radius 1 is 1.22 bits per heavy atom. The fraction of sp³-hybridized carbons (Fsp3) is 0.556. The predicted molar refractivity (Wildman–Crippen MR) is 89.2 cm³/mol. The lowest BCUT2D eigenvalue weighted by atomic mass is 9.92. The molecular formula is C18H26N2O3. The van der Waals surface area contributed by atoms with Crippen LogP contribution >= 0.6 is 0 Å². The summed E-state index contributed by atoms with van der Waals surface area (Å²) in [4.78, 5) is 25.3. The molecule has 1 aromatic rings. The van der Waals surface area contributed by atoms with Crippen molar-refractivity contribution >= 4 is 12.0 Å². The maximum absolute atomic E-state index is 12.5. The zero-order valence-electron chi connectivity index (χ0n) is 14.1. The van der Waals surface area contributed by atoms with E-state index in [1.807, 2.05) is 12.1 Å². The van der Waals surface area contributed by atoms with Crippen LogP contribution in [0.2, 0.25) is 0 Å². The number of aliphatic carboxylic acids is 1. The lowest BCUT2D eigenvalue weighted by Gasteiger charge is -2.33. The zero-order valence-corrected chi connectivity index (χ0v) is 14.1. The highest BCUT2D eigenvalue weighted by molar-refractivity contribution is 5.76. The van der Waals surface area contributed by atoms with Gasteiger partial charge in [-0.1, -0.05) is 38.1 Å². The van der Waals surface area contributed by atoms with Gasteiger partial charge in [-0.05, 0) is 36.8 Å². The Morgan fingerprint density at radius 3 is 2.35 bits per heavy atom. The van der Waals surface area contributed by atoms with Gasteiger partial charge >= 0.3 is 12.0 Å². The molecule has 2 N–H and O–H groups in total. The van der Waals surface area contributed by atoms with Crippen LogP contribution in [0, 0.1) is 18.8 Å². The number of hydrogen-bond acceptors (Lipinski definition) is 2. The molecule has 2 amide bonds. The molecule has 126 valence electrons. The molecule has 0 aromatic heterocycles. The Balaban J connectivity index is 2.02. The van der Waals surface area contributed by atoms with Crippen LogP contribution in [-0.2, 0) is 4.79 Å². The highest BCUT2D eigenvalue weighted by Gasteiger charge is 2.29. The first-order valence-electron chi connectivity index (χ1n) is 8.24. The summed E-state index contributed by atoms with van der Waals surface area (Å²) in [6, 6.07) is 7.94. The number of rotatable bonds is 4. The minimum absolute atomic E-state index is 0.0408. The minimum Gasteiger partial charge on any atom is -0.481 e. The molecule has 0 saturated carbocycles. The van der Waals surface area contributed by atoms with Crippen molar-refractivity contribution in [3.63, 3.8) is 0 Å². The highest BCUT2D eigenvalue weighted by atomic mass is 16.4. The molecule has 1 aromatic carbocycles. The second kappa shape index (κ2) is 7.49. The van der Waals surface area contributed by atoms with Crippen LogP contribution < -0.4 is 5.32 Å². The van der Waals surface area contributed by atoms with Gasteiger partial charge in [-0.2, -0.15) is 0 Å². The van der Waals surface area contributed by atoms with E-state index in [2.05, 4.69) is 38.2 Å². The Hall–Kier alpha value is -2.04. The molecule has 5 heteroatoms. The number of carbonyl (C=O) groups is 2. The van der Waals surface area contributed by atoms with E-state index in [1.165, 1.54) is 0 Å². The number of likely N-dealkylation sites (tertiary alicyclic amines) is 1. The van der Waals surface area contributed by atoms with Crippen molar-refractivity contribution in [1.82, 2.24) is 10.2 Å². The van der Waals surface area contributed by atoms with Crippen molar-refractivity contribution in [2.45, 2.75) is 39.7 Å². The van der Waals surface area contributed by atoms with Crippen molar-refractivity contribution in [3.05, 3.63) is 35.4 Å². The number of carboxylic acids is 1. The van der Waals surface area contributed by atoms with Gasteiger partial charge in [-0.3, -0.25) is 4.79 Å². The van der Waals surface area contributed by atoms with Crippen molar-refractivity contribution < 1.29 is 14.7 Å². The van der Waals surface area contributed by atoms with E-state index in [1.54, 1.807) is 4.90 Å². The molecule has 1 heterocycles. The van der Waals surface area contributed by atoms with Gasteiger partial charge in [0.25, 0.3) is 0 Å². The lowest BCUT2D eigenvalue weighted by molar-refractivity contribution is -0.143. The van der Waals surface area contributed by atoms with Crippen molar-refractivity contribution in [3.8, 4) is 0 Å². The van der Waals surface area contributed by atoms with E-state index in [9.17, 15) is 9.59 Å². The van der Waals surface area contributed by atoms with Crippen molar-refractivity contribution in [2.24, 2.45) is 11.8 Å². The number of urea groups is 1. The maximum Gasteiger partial charge on any atom is 0.317 e. The van der Waals surface area contributed by atoms with Crippen LogP contribution in [0.25, 0.3) is 0 Å². The van der Waals surface area contributed by atoms with Gasteiger partial charge in [0.05, 0.1) is 12.0 Å². The number of nitrogens with one attached hydrogen (secondary N) is 1. The van der Waals surface area contributed by atoms with Gasteiger partial charge in [0.15, 0.2) is 0 Å². The molecule has 2 rings (SSSR count). The standard InChI is InChI=1S/C18H26N2O3/c1-12(2)16(15-7-5-4-6-13(15)3)19-18(23)20-10-8-14(9-11-20)17(21)22/h4-7,12,14,16H,8-11H2,1-3H3,(H,19,23)(H,21,22). The third-order valence-electron chi connectivity index (χ3n) is 4.60. The van der Waals surface area contributed by atoms with Crippen molar-refractivity contribution in [1.29, 1.82) is 0 Å². The quantitative estimate of drug-likeness (QED) is 0.895. The molecule has 1 aliphatic heterocycles. The summed E-state index contributed by atoms with van der Waals surface area (Å²) >= 11 is 0. The number of hydrogen-bond donors (Lipinski definition) is 2. The number of nitrogens with zero attached hydrogens (tertiary/aromatic N) is 1. The molecule has 5 nitrogen and oxygen atoms in total. The smallest absolute Gasteiger partial charge is 0.317 e. The predicted octanol–water partition coefficient (Wildman–Crippen LogP) is 3.20. The summed E-state index contributed by atoms with van der Waals surface area (Å²) in [6.07, 6.45) is 1.05. The average Bonchev–Trinajstić information content (AvgIpc) is 2.53. The van der Waals surface area contributed by atoms with E-state index in [0.29, 0.717) is 25.9 Å². The number of aryl methyl sites for hydroxylation is 1.